The molecule has 13 heavy (non-hydrogen) atoms. The number of aliphatic hydroxyl groups excluding tert-OH is 1. The molecule has 1 saturated heterocycles. The van der Waals surface area contributed by atoms with Gasteiger partial charge in [-0.05, 0) is 6.08 Å². The van der Waals surface area contributed by atoms with E-state index < -0.39 is 6.03 Å². The van der Waals surface area contributed by atoms with Crippen LogP contribution < -0.4 is 5.32 Å². The van der Waals surface area contributed by atoms with Crippen LogP contribution >= 0.6 is 0 Å². The van der Waals surface area contributed by atoms with Crippen molar-refractivity contribution in [3.63, 3.8) is 0 Å². The minimum Gasteiger partial charge on any atom is -0.392 e. The van der Waals surface area contributed by atoms with E-state index in [-0.39, 0.29) is 18.2 Å². The summed E-state index contributed by atoms with van der Waals surface area (Å²) < 4.78 is 0. The largest absolute Gasteiger partial charge is 0.392 e. The molecule has 5 heteroatoms. The third kappa shape index (κ3) is 1.94. The van der Waals surface area contributed by atoms with Crippen molar-refractivity contribution in [2.45, 2.75) is 0 Å². The van der Waals surface area contributed by atoms with Crippen molar-refractivity contribution in [3.8, 4) is 0 Å². The van der Waals surface area contributed by atoms with Crippen LogP contribution in [0.3, 0.4) is 0 Å². The molecule has 0 unspecified atom stereocenters. The summed E-state index contributed by atoms with van der Waals surface area (Å²) in [6.07, 6.45) is 4.41. The predicted octanol–water partition coefficient (Wildman–Crippen LogP) is -0.400. The number of rotatable bonds is 2. The van der Waals surface area contributed by atoms with Gasteiger partial charge in [0.25, 0.3) is 5.91 Å². The molecule has 1 fully saturated rings. The Morgan fingerprint density at radius 1 is 1.54 bits per heavy atom. The van der Waals surface area contributed by atoms with Crippen molar-refractivity contribution in [1.82, 2.24) is 10.2 Å². The van der Waals surface area contributed by atoms with Crippen molar-refractivity contribution in [2.24, 2.45) is 0 Å². The molecule has 0 spiro atoms. The molecule has 0 radical (unpaired) electrons. The fourth-order valence-corrected chi connectivity index (χ4v) is 0.864. The summed E-state index contributed by atoms with van der Waals surface area (Å²) in [6.45, 7) is -0.0955. The minimum atomic E-state index is -0.436. The Balaban J connectivity index is 2.74. The van der Waals surface area contributed by atoms with E-state index in [2.05, 4.69) is 5.32 Å². The maximum atomic E-state index is 11.2. The molecule has 1 heterocycles. The monoisotopic (exact) mass is 182 g/mol. The molecule has 1 aliphatic rings. The number of aliphatic hydroxyl groups is 1. The second-order valence-electron chi connectivity index (χ2n) is 2.49. The van der Waals surface area contributed by atoms with Crippen LogP contribution in [-0.4, -0.2) is 35.6 Å². The molecule has 0 aromatic carbocycles. The molecule has 1 aliphatic heterocycles. The van der Waals surface area contributed by atoms with E-state index in [0.29, 0.717) is 0 Å². The van der Waals surface area contributed by atoms with Crippen LogP contribution in [0, 0.1) is 0 Å². The summed E-state index contributed by atoms with van der Waals surface area (Å²) in [7, 11) is 1.40. The Labute approximate surface area is 75.3 Å². The first kappa shape index (κ1) is 9.47. The number of amides is 3. The number of nitrogens with one attached hydrogen (secondary N) is 1. The van der Waals surface area contributed by atoms with Gasteiger partial charge in [0.2, 0.25) is 0 Å². The molecule has 70 valence electrons. The highest BCUT2D eigenvalue weighted by Gasteiger charge is 2.29. The van der Waals surface area contributed by atoms with Crippen LogP contribution in [0.2, 0.25) is 0 Å². The van der Waals surface area contributed by atoms with Gasteiger partial charge in [0.1, 0.15) is 5.70 Å². The second-order valence-corrected chi connectivity index (χ2v) is 2.49. The number of hydrogen-bond acceptors (Lipinski definition) is 3. The summed E-state index contributed by atoms with van der Waals surface area (Å²) in [5.74, 6) is -0.368. The predicted molar refractivity (Wildman–Crippen MR) is 45.6 cm³/mol. The first-order valence-corrected chi connectivity index (χ1v) is 3.73. The number of carbonyl (C=O) groups is 2. The molecular formula is C8H10N2O3. The molecule has 0 aliphatic carbocycles. The summed E-state index contributed by atoms with van der Waals surface area (Å²) in [5.41, 5.74) is 0.220. The Bertz CT molecular complexity index is 294. The summed E-state index contributed by atoms with van der Waals surface area (Å²) >= 11 is 0. The molecule has 0 bridgehead atoms. The zero-order valence-corrected chi connectivity index (χ0v) is 7.15. The SMILES string of the molecule is CN1C(=O)N/C(=C/C=C/CO)C1=O. The van der Waals surface area contributed by atoms with Gasteiger partial charge in [-0.15, -0.1) is 0 Å². The Hall–Kier alpha value is -1.62. The molecule has 0 saturated carbocycles. The standard InChI is InChI=1S/C8H10N2O3/c1-10-7(12)6(9-8(10)13)4-2-3-5-11/h2-4,11H,5H2,1H3,(H,9,13)/b3-2+,6-4+. The lowest BCUT2D eigenvalue weighted by Crippen LogP contribution is -2.25. The Kier molecular flexibility index (Phi) is 2.81. The molecule has 0 aromatic heterocycles. The van der Waals surface area contributed by atoms with Gasteiger partial charge in [-0.2, -0.15) is 0 Å². The number of hydrogen-bond donors (Lipinski definition) is 2. The smallest absolute Gasteiger partial charge is 0.328 e. The van der Waals surface area contributed by atoms with Crippen molar-refractivity contribution < 1.29 is 14.7 Å². The van der Waals surface area contributed by atoms with Crippen molar-refractivity contribution in [2.75, 3.05) is 13.7 Å². The van der Waals surface area contributed by atoms with Gasteiger partial charge in [0.05, 0.1) is 6.61 Å². The van der Waals surface area contributed by atoms with Crippen molar-refractivity contribution in [3.05, 3.63) is 23.9 Å². The number of imide groups is 1. The molecule has 2 N–H and O–H groups in total. The number of allylic oxidation sites excluding steroid dienone is 2. The molecule has 1 rings (SSSR count). The van der Waals surface area contributed by atoms with Gasteiger partial charge < -0.3 is 10.4 Å². The van der Waals surface area contributed by atoms with E-state index in [1.807, 2.05) is 0 Å². The highest BCUT2D eigenvalue weighted by molar-refractivity contribution is 6.11. The Morgan fingerprint density at radius 3 is 2.69 bits per heavy atom. The highest BCUT2D eigenvalue weighted by Crippen LogP contribution is 2.06. The topological polar surface area (TPSA) is 69.6 Å². The van der Waals surface area contributed by atoms with Crippen LogP contribution in [0.15, 0.2) is 23.9 Å². The normalized spacial score (nSPS) is 20.5. The number of urea groups is 1. The quantitative estimate of drug-likeness (QED) is 0.451. The number of nitrogens with zero attached hydrogens (tertiary/aromatic N) is 1. The van der Waals surface area contributed by atoms with Crippen LogP contribution in [0.4, 0.5) is 4.79 Å². The highest BCUT2D eigenvalue weighted by atomic mass is 16.2. The zero-order valence-electron chi connectivity index (χ0n) is 7.15. The fraction of sp³-hybridized carbons (Fsp3) is 0.250. The average molecular weight is 182 g/mol. The molecule has 3 amide bonds. The molecule has 0 aromatic rings. The van der Waals surface area contributed by atoms with Gasteiger partial charge in [-0.1, -0.05) is 12.2 Å². The van der Waals surface area contributed by atoms with Gasteiger partial charge in [0.15, 0.2) is 0 Å². The van der Waals surface area contributed by atoms with Gasteiger partial charge in [0, 0.05) is 7.05 Å². The molecular weight excluding hydrogens is 172 g/mol. The third-order valence-corrected chi connectivity index (χ3v) is 1.59. The lowest BCUT2D eigenvalue weighted by atomic mass is 10.3. The first-order chi connectivity index (χ1) is 6.16. The van der Waals surface area contributed by atoms with Gasteiger partial charge in [-0.25, -0.2) is 4.79 Å². The third-order valence-electron chi connectivity index (χ3n) is 1.59. The van der Waals surface area contributed by atoms with E-state index >= 15 is 0 Å². The van der Waals surface area contributed by atoms with Crippen LogP contribution in [0.5, 0.6) is 0 Å². The maximum absolute atomic E-state index is 11.2. The molecule has 5 nitrogen and oxygen atoms in total. The van der Waals surface area contributed by atoms with E-state index in [1.54, 1.807) is 0 Å². The van der Waals surface area contributed by atoms with Crippen LogP contribution in [-0.2, 0) is 4.79 Å². The maximum Gasteiger partial charge on any atom is 0.328 e. The zero-order chi connectivity index (χ0) is 9.84. The van der Waals surface area contributed by atoms with E-state index in [4.69, 9.17) is 5.11 Å². The molecule has 0 atom stereocenters. The fourth-order valence-electron chi connectivity index (χ4n) is 0.864. The average Bonchev–Trinajstić information content (AvgIpc) is 2.34. The van der Waals surface area contributed by atoms with Gasteiger partial charge >= 0.3 is 6.03 Å². The first-order valence-electron chi connectivity index (χ1n) is 3.73. The van der Waals surface area contributed by atoms with E-state index in [0.717, 1.165) is 4.90 Å². The van der Waals surface area contributed by atoms with Crippen LogP contribution in [0.25, 0.3) is 0 Å². The summed E-state index contributed by atoms with van der Waals surface area (Å²) in [4.78, 5) is 23.1. The van der Waals surface area contributed by atoms with E-state index in [9.17, 15) is 9.59 Å². The summed E-state index contributed by atoms with van der Waals surface area (Å²) in [6, 6.07) is -0.436. The number of carbonyl (C=O) groups excluding carboxylic acids is 2. The van der Waals surface area contributed by atoms with Crippen molar-refractivity contribution in [1.29, 1.82) is 0 Å². The van der Waals surface area contributed by atoms with Crippen molar-refractivity contribution >= 4 is 11.9 Å². The Morgan fingerprint density at radius 2 is 2.23 bits per heavy atom. The summed E-state index contributed by atoms with van der Waals surface area (Å²) in [5, 5.41) is 10.8. The second kappa shape index (κ2) is 3.86. The van der Waals surface area contributed by atoms with E-state index in [1.165, 1.54) is 25.3 Å². The van der Waals surface area contributed by atoms with Crippen LogP contribution in [0.1, 0.15) is 0 Å². The lowest BCUT2D eigenvalue weighted by molar-refractivity contribution is -0.122. The van der Waals surface area contributed by atoms with Gasteiger partial charge in [-0.3, -0.25) is 9.69 Å². The number of likely N-dealkylation sites (N-methyl/N-ethyl adjacent to an activating group) is 1. The lowest BCUT2D eigenvalue weighted by Gasteiger charge is -1.99. The minimum absolute atomic E-state index is 0.0955.